The molecule has 2 N–H and O–H groups in total. The second-order valence-corrected chi connectivity index (χ2v) is 7.64. The zero-order valence-corrected chi connectivity index (χ0v) is 14.4. The molecule has 114 valence electrons. The van der Waals surface area contributed by atoms with Crippen LogP contribution in [0.3, 0.4) is 0 Å². The summed E-state index contributed by atoms with van der Waals surface area (Å²) < 4.78 is 27.5. The quantitative estimate of drug-likeness (QED) is 0.869. The van der Waals surface area contributed by atoms with Gasteiger partial charge < -0.3 is 5.73 Å². The number of sulfonamides is 1. The van der Waals surface area contributed by atoms with Crippen molar-refractivity contribution >= 4 is 38.4 Å². The summed E-state index contributed by atoms with van der Waals surface area (Å²) >= 11 is 3.32. The summed E-state index contributed by atoms with van der Waals surface area (Å²) in [5.41, 5.74) is 5.57. The Morgan fingerprint density at radius 1 is 1.35 bits per heavy atom. The number of rotatable bonds is 4. The van der Waals surface area contributed by atoms with Gasteiger partial charge in [0.15, 0.2) is 0 Å². The van der Waals surface area contributed by atoms with Crippen molar-refractivity contribution in [2.24, 2.45) is 11.7 Å². The van der Waals surface area contributed by atoms with Crippen molar-refractivity contribution in [3.05, 3.63) is 28.7 Å². The van der Waals surface area contributed by atoms with Crippen molar-refractivity contribution in [1.29, 1.82) is 0 Å². The van der Waals surface area contributed by atoms with Crippen molar-refractivity contribution in [3.63, 3.8) is 0 Å². The highest BCUT2D eigenvalue weighted by atomic mass is 79.9. The van der Waals surface area contributed by atoms with Gasteiger partial charge in [0.25, 0.3) is 0 Å². The highest BCUT2D eigenvalue weighted by Crippen LogP contribution is 2.28. The molecule has 0 bridgehead atoms. The molecule has 1 fully saturated rings. The highest BCUT2D eigenvalue weighted by Gasteiger charge is 2.30. The average molecular weight is 384 g/mol. The van der Waals surface area contributed by atoms with Crippen LogP contribution in [0, 0.1) is 5.92 Å². The Hall–Kier alpha value is -0.140. The van der Waals surface area contributed by atoms with Gasteiger partial charge in [-0.2, -0.15) is 4.31 Å². The van der Waals surface area contributed by atoms with Crippen molar-refractivity contribution in [2.75, 3.05) is 19.6 Å². The molecule has 0 amide bonds. The summed E-state index contributed by atoms with van der Waals surface area (Å²) in [4.78, 5) is 0.350. The lowest BCUT2D eigenvalue weighted by atomic mass is 9.96. The minimum Gasteiger partial charge on any atom is -0.330 e. The molecule has 0 aromatic heterocycles. The maximum absolute atomic E-state index is 12.6. The van der Waals surface area contributed by atoms with Crippen LogP contribution in [0.4, 0.5) is 0 Å². The molecule has 0 radical (unpaired) electrons. The normalized spacial score (nSPS) is 20.4. The van der Waals surface area contributed by atoms with Crippen LogP contribution in [-0.4, -0.2) is 32.4 Å². The van der Waals surface area contributed by atoms with Gasteiger partial charge >= 0.3 is 0 Å². The maximum Gasteiger partial charge on any atom is 0.244 e. The molecule has 1 saturated heterocycles. The van der Waals surface area contributed by atoms with E-state index in [4.69, 9.17) is 5.73 Å². The van der Waals surface area contributed by atoms with Gasteiger partial charge in [-0.1, -0.05) is 12.1 Å². The number of hydrogen-bond donors (Lipinski definition) is 1. The number of halogens is 2. The van der Waals surface area contributed by atoms with Gasteiger partial charge in [-0.3, -0.25) is 0 Å². The first-order valence-electron chi connectivity index (χ1n) is 6.50. The van der Waals surface area contributed by atoms with E-state index in [0.717, 1.165) is 19.3 Å². The topological polar surface area (TPSA) is 63.4 Å². The smallest absolute Gasteiger partial charge is 0.244 e. The van der Waals surface area contributed by atoms with Crippen LogP contribution in [0.15, 0.2) is 33.6 Å². The van der Waals surface area contributed by atoms with E-state index in [-0.39, 0.29) is 12.4 Å². The van der Waals surface area contributed by atoms with Gasteiger partial charge in [-0.15, -0.1) is 12.4 Å². The van der Waals surface area contributed by atoms with Crippen LogP contribution >= 0.6 is 28.3 Å². The Bertz CT molecular complexity index is 537. The fourth-order valence-electron chi connectivity index (χ4n) is 2.51. The van der Waals surface area contributed by atoms with E-state index in [1.807, 2.05) is 6.07 Å². The zero-order chi connectivity index (χ0) is 13.9. The van der Waals surface area contributed by atoms with E-state index in [1.54, 1.807) is 22.5 Å². The molecule has 4 nitrogen and oxygen atoms in total. The van der Waals surface area contributed by atoms with Gasteiger partial charge in [-0.05, 0) is 59.8 Å². The number of nitrogens with two attached hydrogens (primary N) is 1. The van der Waals surface area contributed by atoms with Crippen LogP contribution in [0.5, 0.6) is 0 Å². The largest absolute Gasteiger partial charge is 0.330 e. The molecule has 1 aliphatic rings. The summed E-state index contributed by atoms with van der Waals surface area (Å²) in [6.45, 7) is 1.80. The second kappa shape index (κ2) is 7.75. The molecule has 1 aliphatic heterocycles. The van der Waals surface area contributed by atoms with E-state index < -0.39 is 10.0 Å². The minimum absolute atomic E-state index is 0. The van der Waals surface area contributed by atoms with Crippen LogP contribution in [-0.2, 0) is 10.0 Å². The zero-order valence-electron chi connectivity index (χ0n) is 11.2. The molecule has 1 aromatic rings. The van der Waals surface area contributed by atoms with Crippen molar-refractivity contribution in [3.8, 4) is 0 Å². The minimum atomic E-state index is -3.40. The fourth-order valence-corrected chi connectivity index (χ4v) is 5.03. The van der Waals surface area contributed by atoms with E-state index >= 15 is 0 Å². The van der Waals surface area contributed by atoms with E-state index in [9.17, 15) is 8.42 Å². The predicted molar refractivity (Wildman–Crippen MR) is 86.5 cm³/mol. The third-order valence-corrected chi connectivity index (χ3v) is 6.39. The Kier molecular flexibility index (Phi) is 6.94. The summed E-state index contributed by atoms with van der Waals surface area (Å²) in [6.07, 6.45) is 2.87. The molecule has 1 aromatic carbocycles. The van der Waals surface area contributed by atoms with Gasteiger partial charge in [0.2, 0.25) is 10.0 Å². The third-order valence-electron chi connectivity index (χ3n) is 3.51. The Labute approximate surface area is 135 Å². The van der Waals surface area contributed by atoms with E-state index in [1.165, 1.54) is 0 Å². The highest BCUT2D eigenvalue weighted by molar-refractivity contribution is 9.10. The van der Waals surface area contributed by atoms with Gasteiger partial charge in [-0.25, -0.2) is 8.42 Å². The van der Waals surface area contributed by atoms with Crippen molar-refractivity contribution < 1.29 is 8.42 Å². The molecule has 1 unspecified atom stereocenters. The first kappa shape index (κ1) is 17.9. The lowest BCUT2D eigenvalue weighted by Crippen LogP contribution is -2.40. The lowest BCUT2D eigenvalue weighted by Gasteiger charge is -2.32. The van der Waals surface area contributed by atoms with Crippen LogP contribution in [0.2, 0.25) is 0 Å². The Morgan fingerprint density at radius 3 is 2.70 bits per heavy atom. The standard InChI is InChI=1S/C13H19BrN2O2S.ClH/c14-12-5-1-2-6-13(12)19(17,18)16-9-3-4-11(10-16)7-8-15;/h1-2,5-6,11H,3-4,7-10,15H2;1H. The molecule has 7 heteroatoms. The predicted octanol–water partition coefficient (Wildman–Crippen LogP) is 2.62. The lowest BCUT2D eigenvalue weighted by molar-refractivity contribution is 0.258. The van der Waals surface area contributed by atoms with Crippen molar-refractivity contribution in [1.82, 2.24) is 4.31 Å². The first-order valence-corrected chi connectivity index (χ1v) is 8.73. The number of benzene rings is 1. The fraction of sp³-hybridized carbons (Fsp3) is 0.538. The van der Waals surface area contributed by atoms with Crippen molar-refractivity contribution in [2.45, 2.75) is 24.2 Å². The Morgan fingerprint density at radius 2 is 2.05 bits per heavy atom. The third kappa shape index (κ3) is 3.95. The van der Waals surface area contributed by atoms with E-state index in [0.29, 0.717) is 34.9 Å². The Balaban J connectivity index is 0.00000200. The molecule has 1 heterocycles. The second-order valence-electron chi connectivity index (χ2n) is 4.88. The molecule has 20 heavy (non-hydrogen) atoms. The number of hydrogen-bond acceptors (Lipinski definition) is 3. The summed E-state index contributed by atoms with van der Waals surface area (Å²) in [5, 5.41) is 0. The average Bonchev–Trinajstić information content (AvgIpc) is 2.40. The molecular weight excluding hydrogens is 364 g/mol. The first-order chi connectivity index (χ1) is 9.05. The molecule has 0 spiro atoms. The maximum atomic E-state index is 12.6. The van der Waals surface area contributed by atoms with Gasteiger partial charge in [0.1, 0.15) is 0 Å². The molecule has 0 saturated carbocycles. The van der Waals surface area contributed by atoms with Gasteiger partial charge in [0, 0.05) is 17.6 Å². The number of piperidine rings is 1. The molecule has 0 aliphatic carbocycles. The van der Waals surface area contributed by atoms with Crippen LogP contribution in [0.25, 0.3) is 0 Å². The SMILES string of the molecule is Cl.NCCC1CCCN(S(=O)(=O)c2ccccc2Br)C1. The summed E-state index contributed by atoms with van der Waals surface area (Å²) in [5.74, 6) is 0.385. The van der Waals surface area contributed by atoms with Crippen LogP contribution < -0.4 is 5.73 Å². The molecule has 1 atom stereocenters. The summed E-state index contributed by atoms with van der Waals surface area (Å²) in [7, 11) is -3.40. The van der Waals surface area contributed by atoms with Gasteiger partial charge in [0.05, 0.1) is 4.90 Å². The van der Waals surface area contributed by atoms with Crippen LogP contribution in [0.1, 0.15) is 19.3 Å². The number of nitrogens with zero attached hydrogens (tertiary/aromatic N) is 1. The molecule has 2 rings (SSSR count). The summed E-state index contributed by atoms with van der Waals surface area (Å²) in [6, 6.07) is 6.97. The van der Waals surface area contributed by atoms with E-state index in [2.05, 4.69) is 15.9 Å². The monoisotopic (exact) mass is 382 g/mol. The molecular formula is C13H20BrClN2O2S.